The van der Waals surface area contributed by atoms with E-state index in [0.717, 1.165) is 10.0 Å². The van der Waals surface area contributed by atoms with Crippen LogP contribution in [0.4, 0.5) is 5.69 Å². The lowest BCUT2D eigenvalue weighted by molar-refractivity contribution is -0.125. The van der Waals surface area contributed by atoms with Gasteiger partial charge in [-0.3, -0.25) is 10.1 Å². The highest BCUT2D eigenvalue weighted by atomic mass is 79.9. The first-order valence-corrected chi connectivity index (χ1v) is 11.6. The maximum Gasteiger partial charge on any atom is 0.266 e. The van der Waals surface area contributed by atoms with Crippen molar-refractivity contribution in [3.05, 3.63) is 75.2 Å². The predicted molar refractivity (Wildman–Crippen MR) is 138 cm³/mol. The van der Waals surface area contributed by atoms with Crippen molar-refractivity contribution in [3.8, 4) is 17.2 Å². The number of rotatable bonds is 5. The molecule has 2 N–H and O–H groups in total. The van der Waals surface area contributed by atoms with Gasteiger partial charge in [-0.1, -0.05) is 45.2 Å². The minimum Gasteiger partial charge on any atom is -0.479 e. The standard InChI is InChI=1S/C23H16BrCl2N3O3S/c1-12(31-19-7-5-15(25)10-17(19)26)21(30)29-23(33)27-16-6-8-20-18(11-16)28-22(32-20)13-3-2-4-14(24)9-13/h2-12H,1H3,(H2,27,29,30,33). The zero-order valence-electron chi connectivity index (χ0n) is 17.1. The van der Waals surface area contributed by atoms with Crippen LogP contribution in [0, 0.1) is 0 Å². The number of benzene rings is 3. The largest absolute Gasteiger partial charge is 0.479 e. The van der Waals surface area contributed by atoms with Crippen LogP contribution in [0.1, 0.15) is 6.92 Å². The lowest BCUT2D eigenvalue weighted by Gasteiger charge is -2.16. The van der Waals surface area contributed by atoms with Gasteiger partial charge in [-0.25, -0.2) is 4.98 Å². The van der Waals surface area contributed by atoms with Gasteiger partial charge in [0, 0.05) is 20.7 Å². The van der Waals surface area contributed by atoms with Crippen LogP contribution >= 0.6 is 51.3 Å². The summed E-state index contributed by atoms with van der Waals surface area (Å²) in [5.41, 5.74) is 2.79. The number of thiocarbonyl (C=S) groups is 1. The van der Waals surface area contributed by atoms with E-state index in [4.69, 9.17) is 44.6 Å². The molecule has 0 fully saturated rings. The summed E-state index contributed by atoms with van der Waals surface area (Å²) in [7, 11) is 0. The highest BCUT2D eigenvalue weighted by Crippen LogP contribution is 2.29. The van der Waals surface area contributed by atoms with Crippen LogP contribution in [0.15, 0.2) is 69.6 Å². The molecule has 0 saturated carbocycles. The van der Waals surface area contributed by atoms with Crippen molar-refractivity contribution in [2.75, 3.05) is 5.32 Å². The van der Waals surface area contributed by atoms with Crippen LogP contribution in [0.5, 0.6) is 5.75 Å². The Morgan fingerprint density at radius 3 is 2.73 bits per heavy atom. The minimum atomic E-state index is -0.839. The number of ether oxygens (including phenoxy) is 1. The first-order chi connectivity index (χ1) is 15.8. The number of oxazole rings is 1. The summed E-state index contributed by atoms with van der Waals surface area (Å²) in [6, 6.07) is 17.8. The number of halogens is 3. The number of hydrogen-bond donors (Lipinski definition) is 2. The molecule has 4 rings (SSSR count). The Morgan fingerprint density at radius 2 is 1.97 bits per heavy atom. The molecule has 0 aliphatic rings. The van der Waals surface area contributed by atoms with Crippen LogP contribution in [0.3, 0.4) is 0 Å². The van der Waals surface area contributed by atoms with Gasteiger partial charge in [-0.05, 0) is 73.7 Å². The fourth-order valence-electron chi connectivity index (χ4n) is 2.94. The second kappa shape index (κ2) is 10.1. The molecule has 6 nitrogen and oxygen atoms in total. The summed E-state index contributed by atoms with van der Waals surface area (Å²) in [5.74, 6) is 0.421. The quantitative estimate of drug-likeness (QED) is 0.258. The maximum absolute atomic E-state index is 12.5. The third-order valence-electron chi connectivity index (χ3n) is 4.52. The van der Waals surface area contributed by atoms with Gasteiger partial charge < -0.3 is 14.5 Å². The number of fused-ring (bicyclic) bond motifs is 1. The van der Waals surface area contributed by atoms with Gasteiger partial charge in [0.15, 0.2) is 16.8 Å². The number of nitrogens with zero attached hydrogens (tertiary/aromatic N) is 1. The molecule has 168 valence electrons. The van der Waals surface area contributed by atoms with Crippen LogP contribution < -0.4 is 15.4 Å². The first kappa shape index (κ1) is 23.5. The van der Waals surface area contributed by atoms with Crippen LogP contribution in [-0.2, 0) is 4.79 Å². The van der Waals surface area contributed by atoms with Gasteiger partial charge in [0.05, 0.1) is 5.02 Å². The molecule has 1 unspecified atom stereocenters. The molecule has 1 heterocycles. The summed E-state index contributed by atoms with van der Waals surface area (Å²) in [4.78, 5) is 17.0. The second-order valence-electron chi connectivity index (χ2n) is 6.99. The highest BCUT2D eigenvalue weighted by molar-refractivity contribution is 9.10. The van der Waals surface area contributed by atoms with Gasteiger partial charge >= 0.3 is 0 Å². The molecule has 0 aliphatic heterocycles. The molecule has 10 heteroatoms. The molecular formula is C23H16BrCl2N3O3S. The highest BCUT2D eigenvalue weighted by Gasteiger charge is 2.18. The molecule has 33 heavy (non-hydrogen) atoms. The van der Waals surface area contributed by atoms with E-state index in [0.29, 0.717) is 38.5 Å². The SMILES string of the molecule is CC(Oc1ccc(Cl)cc1Cl)C(=O)NC(=S)Nc1ccc2oc(-c3cccc(Br)c3)nc2c1. The van der Waals surface area contributed by atoms with Gasteiger partial charge in [-0.2, -0.15) is 0 Å². The average molecular weight is 565 g/mol. The van der Waals surface area contributed by atoms with Gasteiger partial charge in [-0.15, -0.1) is 0 Å². The molecule has 1 atom stereocenters. The summed E-state index contributed by atoms with van der Waals surface area (Å²) in [5, 5.41) is 6.48. The van der Waals surface area contributed by atoms with Crippen molar-refractivity contribution < 1.29 is 13.9 Å². The molecule has 0 bridgehead atoms. The van der Waals surface area contributed by atoms with Crippen LogP contribution in [0.25, 0.3) is 22.6 Å². The third kappa shape index (κ3) is 5.83. The van der Waals surface area contributed by atoms with Crippen molar-refractivity contribution in [2.45, 2.75) is 13.0 Å². The van der Waals surface area contributed by atoms with Crippen LogP contribution in [0.2, 0.25) is 10.0 Å². The van der Waals surface area contributed by atoms with Gasteiger partial charge in [0.2, 0.25) is 5.89 Å². The third-order valence-corrected chi connectivity index (χ3v) is 5.75. The fraction of sp³-hybridized carbons (Fsp3) is 0.0870. The zero-order chi connectivity index (χ0) is 23.5. The smallest absolute Gasteiger partial charge is 0.266 e. The Hall–Kier alpha value is -2.65. The van der Waals surface area contributed by atoms with E-state index in [-0.39, 0.29) is 5.11 Å². The summed E-state index contributed by atoms with van der Waals surface area (Å²) < 4.78 is 12.4. The van der Waals surface area contributed by atoms with Crippen molar-refractivity contribution in [1.29, 1.82) is 0 Å². The Morgan fingerprint density at radius 1 is 1.15 bits per heavy atom. The van der Waals surface area contributed by atoms with Gasteiger partial charge in [0.25, 0.3) is 5.91 Å². The summed E-state index contributed by atoms with van der Waals surface area (Å²) in [6.07, 6.45) is -0.839. The van der Waals surface area contributed by atoms with Crippen molar-refractivity contribution in [1.82, 2.24) is 10.3 Å². The second-order valence-corrected chi connectivity index (χ2v) is 9.16. The Bertz CT molecular complexity index is 1360. The van der Waals surface area contributed by atoms with Crippen LogP contribution in [-0.4, -0.2) is 22.1 Å². The number of amides is 1. The fourth-order valence-corrected chi connectivity index (χ4v) is 4.01. The monoisotopic (exact) mass is 563 g/mol. The Kier molecular flexibility index (Phi) is 7.19. The number of anilines is 1. The summed E-state index contributed by atoms with van der Waals surface area (Å²) >= 11 is 20.7. The lowest BCUT2D eigenvalue weighted by Crippen LogP contribution is -2.42. The normalized spacial score (nSPS) is 11.8. The minimum absolute atomic E-state index is 0.118. The molecule has 1 amide bonds. The number of hydrogen-bond acceptors (Lipinski definition) is 5. The maximum atomic E-state index is 12.5. The molecule has 1 aromatic heterocycles. The first-order valence-electron chi connectivity index (χ1n) is 9.68. The van der Waals surface area contributed by atoms with E-state index in [1.54, 1.807) is 37.3 Å². The van der Waals surface area contributed by atoms with E-state index in [9.17, 15) is 4.79 Å². The van der Waals surface area contributed by atoms with Crippen molar-refractivity contribution in [2.24, 2.45) is 0 Å². The molecule has 0 radical (unpaired) electrons. The average Bonchev–Trinajstić information content (AvgIpc) is 3.19. The van der Waals surface area contributed by atoms with E-state index in [1.165, 1.54) is 6.07 Å². The molecule has 0 saturated heterocycles. The number of carbonyl (C=O) groups excluding carboxylic acids is 1. The van der Waals surface area contributed by atoms with E-state index >= 15 is 0 Å². The van der Waals surface area contributed by atoms with Crippen molar-refractivity contribution >= 4 is 79.2 Å². The summed E-state index contributed by atoms with van der Waals surface area (Å²) in [6.45, 7) is 1.59. The Balaban J connectivity index is 1.40. The predicted octanol–water partition coefficient (Wildman–Crippen LogP) is 6.84. The zero-order valence-corrected chi connectivity index (χ0v) is 21.0. The number of aromatic nitrogens is 1. The number of nitrogens with one attached hydrogen (secondary N) is 2. The molecule has 3 aromatic carbocycles. The van der Waals surface area contributed by atoms with Gasteiger partial charge in [0.1, 0.15) is 11.3 Å². The van der Waals surface area contributed by atoms with Crippen molar-refractivity contribution in [3.63, 3.8) is 0 Å². The van der Waals surface area contributed by atoms with E-state index < -0.39 is 12.0 Å². The lowest BCUT2D eigenvalue weighted by atomic mass is 10.2. The molecule has 4 aromatic rings. The molecular weight excluding hydrogens is 549 g/mol. The molecule has 0 spiro atoms. The Labute approximate surface area is 213 Å². The topological polar surface area (TPSA) is 76.4 Å². The van der Waals surface area contributed by atoms with E-state index in [2.05, 4.69) is 31.5 Å². The molecule has 0 aliphatic carbocycles. The number of carbonyl (C=O) groups is 1. The van der Waals surface area contributed by atoms with E-state index in [1.807, 2.05) is 24.3 Å².